The van der Waals surface area contributed by atoms with E-state index in [0.717, 1.165) is 0 Å². The molecule has 0 saturated carbocycles. The molecule has 0 radical (unpaired) electrons. The highest BCUT2D eigenvalue weighted by Crippen LogP contribution is 2.37. The van der Waals surface area contributed by atoms with E-state index >= 15 is 0 Å². The lowest BCUT2D eigenvalue weighted by molar-refractivity contribution is -0.118. The van der Waals surface area contributed by atoms with Crippen LogP contribution in [0.1, 0.15) is 0 Å². The summed E-state index contributed by atoms with van der Waals surface area (Å²) >= 11 is 11.6. The molecule has 1 aliphatic rings. The second-order valence-electron chi connectivity index (χ2n) is 2.60. The Morgan fingerprint density at radius 2 is 2.15 bits per heavy atom. The van der Waals surface area contributed by atoms with Gasteiger partial charge >= 0.3 is 0 Å². The van der Waals surface area contributed by atoms with Gasteiger partial charge in [0, 0.05) is 11.1 Å². The van der Waals surface area contributed by atoms with Crippen LogP contribution >= 0.6 is 23.2 Å². The molecule has 1 aromatic carbocycles. The fourth-order valence-corrected chi connectivity index (χ4v) is 1.63. The highest BCUT2D eigenvalue weighted by molar-refractivity contribution is 6.37. The van der Waals surface area contributed by atoms with Crippen LogP contribution < -0.4 is 10.1 Å². The maximum Gasteiger partial charge on any atom is 0.262 e. The number of amides is 1. The van der Waals surface area contributed by atoms with E-state index in [-0.39, 0.29) is 12.5 Å². The largest absolute Gasteiger partial charge is 0.481 e. The number of benzene rings is 1. The highest BCUT2D eigenvalue weighted by atomic mass is 35.5. The van der Waals surface area contributed by atoms with Gasteiger partial charge in [-0.1, -0.05) is 23.2 Å². The Bertz CT molecular complexity index is 379. The number of rotatable bonds is 0. The third-order valence-corrected chi connectivity index (χ3v) is 2.16. The van der Waals surface area contributed by atoms with Crippen molar-refractivity contribution in [1.29, 1.82) is 0 Å². The number of ether oxygens (including phenoxy) is 1. The van der Waals surface area contributed by atoms with Crippen LogP contribution in [0.5, 0.6) is 5.75 Å². The SMILES string of the molecule is O=C1COc2cc(Cl)cc(Cl)c2N1. The van der Waals surface area contributed by atoms with Crippen molar-refractivity contribution >= 4 is 34.8 Å². The van der Waals surface area contributed by atoms with Crippen molar-refractivity contribution in [3.63, 3.8) is 0 Å². The first kappa shape index (κ1) is 8.66. The number of fused-ring (bicyclic) bond motifs is 1. The van der Waals surface area contributed by atoms with Crippen molar-refractivity contribution in [2.24, 2.45) is 0 Å². The van der Waals surface area contributed by atoms with E-state index in [1.807, 2.05) is 0 Å². The van der Waals surface area contributed by atoms with E-state index in [2.05, 4.69) is 5.32 Å². The Labute approximate surface area is 84.6 Å². The van der Waals surface area contributed by atoms with E-state index in [4.69, 9.17) is 27.9 Å². The number of carbonyl (C=O) groups is 1. The quantitative estimate of drug-likeness (QED) is 0.725. The lowest BCUT2D eigenvalue weighted by Gasteiger charge is -2.18. The summed E-state index contributed by atoms with van der Waals surface area (Å²) in [5, 5.41) is 3.47. The molecule has 0 bridgehead atoms. The van der Waals surface area contributed by atoms with Crippen molar-refractivity contribution in [3.05, 3.63) is 22.2 Å². The van der Waals surface area contributed by atoms with Gasteiger partial charge in [0.2, 0.25) is 0 Å². The molecule has 13 heavy (non-hydrogen) atoms. The predicted octanol–water partition coefficient (Wildman–Crippen LogP) is 2.32. The predicted molar refractivity (Wildman–Crippen MR) is 50.6 cm³/mol. The summed E-state index contributed by atoms with van der Waals surface area (Å²) in [6.07, 6.45) is 0. The first-order valence-corrected chi connectivity index (χ1v) is 4.34. The molecule has 1 aromatic rings. The van der Waals surface area contributed by atoms with Crippen LogP contribution in [-0.4, -0.2) is 12.5 Å². The fourth-order valence-electron chi connectivity index (χ4n) is 1.10. The standard InChI is InChI=1S/C8H5Cl2NO2/c9-4-1-5(10)8-6(2-4)13-3-7(12)11-8/h1-2H,3H2,(H,11,12). The topological polar surface area (TPSA) is 38.3 Å². The molecule has 0 unspecified atom stereocenters. The van der Waals surface area contributed by atoms with Gasteiger partial charge in [-0.05, 0) is 6.07 Å². The van der Waals surface area contributed by atoms with E-state index in [1.165, 1.54) is 0 Å². The Morgan fingerprint density at radius 1 is 1.38 bits per heavy atom. The van der Waals surface area contributed by atoms with Crippen LogP contribution in [0.3, 0.4) is 0 Å². The molecule has 3 nitrogen and oxygen atoms in total. The number of hydrogen-bond acceptors (Lipinski definition) is 2. The first-order chi connectivity index (χ1) is 6.16. The average Bonchev–Trinajstić information content (AvgIpc) is 2.06. The van der Waals surface area contributed by atoms with Gasteiger partial charge in [-0.25, -0.2) is 0 Å². The second-order valence-corrected chi connectivity index (χ2v) is 3.44. The average molecular weight is 218 g/mol. The lowest BCUT2D eigenvalue weighted by atomic mass is 10.2. The molecule has 1 heterocycles. The molecular weight excluding hydrogens is 213 g/mol. The first-order valence-electron chi connectivity index (χ1n) is 3.58. The zero-order chi connectivity index (χ0) is 9.42. The van der Waals surface area contributed by atoms with Crippen molar-refractivity contribution in [1.82, 2.24) is 0 Å². The van der Waals surface area contributed by atoms with E-state index in [9.17, 15) is 4.79 Å². The smallest absolute Gasteiger partial charge is 0.262 e. The second kappa shape index (κ2) is 3.09. The lowest BCUT2D eigenvalue weighted by Crippen LogP contribution is -2.25. The molecule has 0 atom stereocenters. The minimum atomic E-state index is -0.211. The highest BCUT2D eigenvalue weighted by Gasteiger charge is 2.18. The van der Waals surface area contributed by atoms with Gasteiger partial charge in [0.1, 0.15) is 11.4 Å². The van der Waals surface area contributed by atoms with E-state index in [0.29, 0.717) is 21.5 Å². The van der Waals surface area contributed by atoms with Crippen LogP contribution in [0.2, 0.25) is 10.0 Å². The van der Waals surface area contributed by atoms with Crippen LogP contribution in [0, 0.1) is 0 Å². The summed E-state index contributed by atoms with van der Waals surface area (Å²) in [6.45, 7) is 0.00364. The fraction of sp³-hybridized carbons (Fsp3) is 0.125. The molecule has 0 fully saturated rings. The van der Waals surface area contributed by atoms with Crippen LogP contribution in [0.25, 0.3) is 0 Å². The molecule has 1 aliphatic heterocycles. The summed E-state index contributed by atoms with van der Waals surface area (Å²) in [6, 6.07) is 3.17. The molecule has 1 N–H and O–H groups in total. The zero-order valence-corrected chi connectivity index (χ0v) is 7.95. The van der Waals surface area contributed by atoms with Gasteiger partial charge in [-0.15, -0.1) is 0 Å². The van der Waals surface area contributed by atoms with Gasteiger partial charge in [-0.3, -0.25) is 4.79 Å². The van der Waals surface area contributed by atoms with Crippen LogP contribution in [-0.2, 0) is 4.79 Å². The minimum absolute atomic E-state index is 0.00364. The van der Waals surface area contributed by atoms with Gasteiger partial charge in [0.05, 0.1) is 5.02 Å². The molecular formula is C8H5Cl2NO2. The zero-order valence-electron chi connectivity index (χ0n) is 6.43. The van der Waals surface area contributed by atoms with Crippen molar-refractivity contribution in [2.75, 3.05) is 11.9 Å². The number of nitrogens with one attached hydrogen (secondary N) is 1. The van der Waals surface area contributed by atoms with E-state index in [1.54, 1.807) is 12.1 Å². The molecule has 5 heteroatoms. The summed E-state index contributed by atoms with van der Waals surface area (Å²) < 4.78 is 5.12. The maximum absolute atomic E-state index is 10.9. The summed E-state index contributed by atoms with van der Waals surface area (Å²) in [7, 11) is 0. The number of carbonyl (C=O) groups excluding carboxylic acids is 1. The number of anilines is 1. The maximum atomic E-state index is 10.9. The van der Waals surface area contributed by atoms with E-state index < -0.39 is 0 Å². The van der Waals surface area contributed by atoms with Gasteiger partial charge in [0.15, 0.2) is 6.61 Å². The van der Waals surface area contributed by atoms with Crippen molar-refractivity contribution in [2.45, 2.75) is 0 Å². The Balaban J connectivity index is 2.53. The third kappa shape index (κ3) is 1.57. The summed E-state index contributed by atoms with van der Waals surface area (Å²) in [5.41, 5.74) is 0.488. The van der Waals surface area contributed by atoms with Crippen molar-refractivity contribution in [3.8, 4) is 5.75 Å². The molecule has 0 spiro atoms. The van der Waals surface area contributed by atoms with Crippen LogP contribution in [0.15, 0.2) is 12.1 Å². The Hall–Kier alpha value is -0.930. The monoisotopic (exact) mass is 217 g/mol. The molecule has 1 amide bonds. The van der Waals surface area contributed by atoms with Crippen molar-refractivity contribution < 1.29 is 9.53 Å². The molecule has 0 aliphatic carbocycles. The summed E-state index contributed by atoms with van der Waals surface area (Å²) in [4.78, 5) is 10.9. The number of hydrogen-bond donors (Lipinski definition) is 1. The minimum Gasteiger partial charge on any atom is -0.481 e. The van der Waals surface area contributed by atoms with Gasteiger partial charge in [0.25, 0.3) is 5.91 Å². The third-order valence-electron chi connectivity index (χ3n) is 1.64. The van der Waals surface area contributed by atoms with Gasteiger partial charge in [-0.2, -0.15) is 0 Å². The Kier molecular flexibility index (Phi) is 2.06. The number of halogens is 2. The molecule has 0 saturated heterocycles. The molecule has 0 aromatic heterocycles. The van der Waals surface area contributed by atoms with Crippen LogP contribution in [0.4, 0.5) is 5.69 Å². The molecule has 2 rings (SSSR count). The molecule has 68 valence electrons. The summed E-state index contributed by atoms with van der Waals surface area (Å²) in [5.74, 6) is 0.300. The van der Waals surface area contributed by atoms with Gasteiger partial charge < -0.3 is 10.1 Å². The Morgan fingerprint density at radius 3 is 2.92 bits per heavy atom. The normalized spacial score (nSPS) is 14.5.